The number of nitrogens with one attached hydrogen (secondary N) is 1. The quantitative estimate of drug-likeness (QED) is 0.832. The topological polar surface area (TPSA) is 77.4 Å². The van der Waals surface area contributed by atoms with Crippen LogP contribution in [0.25, 0.3) is 0 Å². The maximum Gasteiger partial charge on any atom is 0.231 e. The fourth-order valence-corrected chi connectivity index (χ4v) is 1.95. The highest BCUT2D eigenvalue weighted by Crippen LogP contribution is 2.18. The van der Waals surface area contributed by atoms with Crippen LogP contribution < -0.4 is 15.1 Å². The van der Waals surface area contributed by atoms with Crippen molar-refractivity contribution in [3.05, 3.63) is 34.9 Å². The standard InChI is InChI=1S/C15H21ClN6O/c1-21(2)14-18-13(19-15(20-14)22(3)4)17-9-12(23)10-5-7-11(16)8-6-10/h5-8,12,23H,9H2,1-4H3,(H,17,18,19,20)/t12-/m1/s1. The second kappa shape index (κ2) is 7.43. The van der Waals surface area contributed by atoms with Crippen molar-refractivity contribution < 1.29 is 5.11 Å². The Morgan fingerprint density at radius 3 is 2.00 bits per heavy atom. The van der Waals surface area contributed by atoms with Gasteiger partial charge in [-0.2, -0.15) is 15.0 Å². The molecule has 0 aliphatic rings. The number of aliphatic hydroxyl groups excluding tert-OH is 1. The number of hydrogen-bond acceptors (Lipinski definition) is 7. The highest BCUT2D eigenvalue weighted by atomic mass is 35.5. The van der Waals surface area contributed by atoms with E-state index in [2.05, 4.69) is 20.3 Å². The maximum atomic E-state index is 10.2. The molecule has 8 heteroatoms. The van der Waals surface area contributed by atoms with Crippen LogP contribution in [0, 0.1) is 0 Å². The summed E-state index contributed by atoms with van der Waals surface area (Å²) in [5, 5.41) is 13.9. The van der Waals surface area contributed by atoms with E-state index >= 15 is 0 Å². The smallest absolute Gasteiger partial charge is 0.231 e. The molecule has 0 fully saturated rings. The molecule has 0 unspecified atom stereocenters. The molecule has 2 aromatic rings. The van der Waals surface area contributed by atoms with Gasteiger partial charge in [-0.15, -0.1) is 0 Å². The zero-order valence-corrected chi connectivity index (χ0v) is 14.4. The SMILES string of the molecule is CN(C)c1nc(NC[C@@H](O)c2ccc(Cl)cc2)nc(N(C)C)n1. The van der Waals surface area contributed by atoms with Crippen LogP contribution in [0.1, 0.15) is 11.7 Å². The van der Waals surface area contributed by atoms with Crippen LogP contribution in [0.4, 0.5) is 17.8 Å². The van der Waals surface area contributed by atoms with Crippen LogP contribution in [-0.4, -0.2) is 54.8 Å². The first-order valence-corrected chi connectivity index (χ1v) is 7.52. The van der Waals surface area contributed by atoms with Gasteiger partial charge >= 0.3 is 0 Å². The van der Waals surface area contributed by atoms with Crippen LogP contribution in [-0.2, 0) is 0 Å². The van der Waals surface area contributed by atoms with Crippen molar-refractivity contribution >= 4 is 29.4 Å². The molecular weight excluding hydrogens is 316 g/mol. The highest BCUT2D eigenvalue weighted by Gasteiger charge is 2.12. The normalized spacial score (nSPS) is 11.9. The number of rotatable bonds is 6. The van der Waals surface area contributed by atoms with Crippen molar-refractivity contribution in [1.29, 1.82) is 0 Å². The molecule has 1 aromatic carbocycles. The lowest BCUT2D eigenvalue weighted by molar-refractivity contribution is 0.191. The Labute approximate surface area is 141 Å². The molecule has 0 aliphatic heterocycles. The Balaban J connectivity index is 2.11. The van der Waals surface area contributed by atoms with Crippen LogP contribution in [0.15, 0.2) is 24.3 Å². The molecule has 0 radical (unpaired) electrons. The second-order valence-electron chi connectivity index (χ2n) is 5.50. The number of hydrogen-bond donors (Lipinski definition) is 2. The fourth-order valence-electron chi connectivity index (χ4n) is 1.82. The van der Waals surface area contributed by atoms with E-state index in [4.69, 9.17) is 11.6 Å². The monoisotopic (exact) mass is 336 g/mol. The first-order valence-electron chi connectivity index (χ1n) is 7.15. The zero-order valence-electron chi connectivity index (χ0n) is 13.7. The minimum atomic E-state index is -0.686. The molecule has 2 rings (SSSR count). The van der Waals surface area contributed by atoms with Gasteiger partial charge in [-0.1, -0.05) is 23.7 Å². The van der Waals surface area contributed by atoms with E-state index in [9.17, 15) is 5.11 Å². The number of halogens is 1. The van der Waals surface area contributed by atoms with Gasteiger partial charge in [0.05, 0.1) is 6.10 Å². The fraction of sp³-hybridized carbons (Fsp3) is 0.400. The lowest BCUT2D eigenvalue weighted by atomic mass is 10.1. The summed E-state index contributed by atoms with van der Waals surface area (Å²) in [6, 6.07) is 7.08. The van der Waals surface area contributed by atoms with Gasteiger partial charge in [0.1, 0.15) is 0 Å². The third-order valence-corrected chi connectivity index (χ3v) is 3.37. The molecule has 0 amide bonds. The third-order valence-electron chi connectivity index (χ3n) is 3.12. The largest absolute Gasteiger partial charge is 0.387 e. The molecular formula is C15H21ClN6O. The Morgan fingerprint density at radius 1 is 1.00 bits per heavy atom. The first-order chi connectivity index (χ1) is 10.9. The van der Waals surface area contributed by atoms with E-state index in [-0.39, 0.29) is 6.54 Å². The summed E-state index contributed by atoms with van der Waals surface area (Å²) in [4.78, 5) is 16.6. The summed E-state index contributed by atoms with van der Waals surface area (Å²) in [7, 11) is 7.45. The molecule has 0 saturated carbocycles. The van der Waals surface area contributed by atoms with E-state index in [0.717, 1.165) is 5.56 Å². The summed E-state index contributed by atoms with van der Waals surface area (Å²) in [6.45, 7) is 0.283. The number of anilines is 3. The third kappa shape index (κ3) is 4.67. The van der Waals surface area contributed by atoms with Crippen LogP contribution in [0.5, 0.6) is 0 Å². The summed E-state index contributed by atoms with van der Waals surface area (Å²) in [5.41, 5.74) is 0.775. The molecule has 124 valence electrons. The van der Waals surface area contributed by atoms with Gasteiger partial charge in [-0.3, -0.25) is 0 Å². The van der Waals surface area contributed by atoms with Gasteiger partial charge < -0.3 is 20.2 Å². The van der Waals surface area contributed by atoms with E-state index in [0.29, 0.717) is 22.9 Å². The molecule has 1 atom stereocenters. The van der Waals surface area contributed by atoms with E-state index in [1.807, 2.05) is 28.2 Å². The molecule has 7 nitrogen and oxygen atoms in total. The molecule has 0 saturated heterocycles. The summed E-state index contributed by atoms with van der Waals surface area (Å²) < 4.78 is 0. The van der Waals surface area contributed by atoms with Crippen LogP contribution in [0.2, 0.25) is 5.02 Å². The van der Waals surface area contributed by atoms with Gasteiger partial charge in [0.25, 0.3) is 0 Å². The molecule has 0 aliphatic carbocycles. The number of benzene rings is 1. The Bertz CT molecular complexity index is 621. The molecule has 1 heterocycles. The van der Waals surface area contributed by atoms with Crippen LogP contribution in [0.3, 0.4) is 0 Å². The van der Waals surface area contributed by atoms with Gasteiger partial charge in [-0.05, 0) is 17.7 Å². The predicted molar refractivity (Wildman–Crippen MR) is 93.4 cm³/mol. The Morgan fingerprint density at radius 2 is 1.52 bits per heavy atom. The maximum absolute atomic E-state index is 10.2. The second-order valence-corrected chi connectivity index (χ2v) is 5.93. The minimum Gasteiger partial charge on any atom is -0.387 e. The van der Waals surface area contributed by atoms with E-state index in [1.165, 1.54) is 0 Å². The van der Waals surface area contributed by atoms with Gasteiger partial charge in [0, 0.05) is 39.8 Å². The first kappa shape index (κ1) is 17.2. The zero-order chi connectivity index (χ0) is 17.0. The van der Waals surface area contributed by atoms with Crippen molar-refractivity contribution in [1.82, 2.24) is 15.0 Å². The summed E-state index contributed by atoms with van der Waals surface area (Å²) in [6.07, 6.45) is -0.686. The van der Waals surface area contributed by atoms with Crippen molar-refractivity contribution in [2.75, 3.05) is 49.9 Å². The van der Waals surface area contributed by atoms with Crippen molar-refractivity contribution in [2.24, 2.45) is 0 Å². The summed E-state index contributed by atoms with van der Waals surface area (Å²) in [5.74, 6) is 1.51. The molecule has 23 heavy (non-hydrogen) atoms. The lowest BCUT2D eigenvalue weighted by Crippen LogP contribution is -2.21. The number of aromatic nitrogens is 3. The number of nitrogens with zero attached hydrogens (tertiary/aromatic N) is 5. The van der Waals surface area contributed by atoms with Crippen molar-refractivity contribution in [3.8, 4) is 0 Å². The lowest BCUT2D eigenvalue weighted by Gasteiger charge is -2.17. The van der Waals surface area contributed by atoms with Crippen molar-refractivity contribution in [2.45, 2.75) is 6.10 Å². The molecule has 1 aromatic heterocycles. The van der Waals surface area contributed by atoms with Crippen LogP contribution >= 0.6 is 11.6 Å². The average molecular weight is 337 g/mol. The highest BCUT2D eigenvalue weighted by molar-refractivity contribution is 6.30. The van der Waals surface area contributed by atoms with Gasteiger partial charge in [0.2, 0.25) is 17.8 Å². The van der Waals surface area contributed by atoms with E-state index < -0.39 is 6.10 Å². The average Bonchev–Trinajstić information content (AvgIpc) is 2.52. The van der Waals surface area contributed by atoms with Crippen molar-refractivity contribution in [3.63, 3.8) is 0 Å². The Hall–Kier alpha value is -2.12. The van der Waals surface area contributed by atoms with E-state index in [1.54, 1.807) is 34.1 Å². The molecule has 0 bridgehead atoms. The minimum absolute atomic E-state index is 0.283. The van der Waals surface area contributed by atoms with Gasteiger partial charge in [0.15, 0.2) is 0 Å². The Kier molecular flexibility index (Phi) is 5.57. The van der Waals surface area contributed by atoms with Gasteiger partial charge in [-0.25, -0.2) is 0 Å². The molecule has 2 N–H and O–H groups in total. The summed E-state index contributed by atoms with van der Waals surface area (Å²) >= 11 is 5.85. The number of aliphatic hydroxyl groups is 1. The molecule has 0 spiro atoms. The predicted octanol–water partition coefficient (Wildman–Crippen LogP) is 1.80.